The minimum atomic E-state index is -0.593. The average molecular weight is 347 g/mol. The van der Waals surface area contributed by atoms with Gasteiger partial charge in [-0.2, -0.15) is 0 Å². The molecule has 1 aromatic rings. The van der Waals surface area contributed by atoms with Crippen LogP contribution in [-0.4, -0.2) is 55.0 Å². The predicted octanol–water partition coefficient (Wildman–Crippen LogP) is 0.723. The van der Waals surface area contributed by atoms with Crippen LogP contribution in [0.2, 0.25) is 0 Å². The molecule has 2 aliphatic rings. The first-order chi connectivity index (χ1) is 11.9. The van der Waals surface area contributed by atoms with Gasteiger partial charge in [0.25, 0.3) is 5.91 Å². The predicted molar refractivity (Wildman–Crippen MR) is 92.5 cm³/mol. The molecule has 2 N–H and O–H groups in total. The third-order valence-electron chi connectivity index (χ3n) is 5.41. The Morgan fingerprint density at radius 3 is 2.84 bits per heavy atom. The lowest BCUT2D eigenvalue weighted by atomic mass is 9.73. The first-order valence-corrected chi connectivity index (χ1v) is 8.71. The van der Waals surface area contributed by atoms with E-state index in [0.29, 0.717) is 38.3 Å². The van der Waals surface area contributed by atoms with Crippen molar-refractivity contribution >= 4 is 11.8 Å². The molecule has 0 bridgehead atoms. The highest BCUT2D eigenvalue weighted by atomic mass is 16.5. The summed E-state index contributed by atoms with van der Waals surface area (Å²) in [5.41, 5.74) is 0.233. The van der Waals surface area contributed by atoms with Gasteiger partial charge in [-0.25, -0.2) is 0 Å². The summed E-state index contributed by atoms with van der Waals surface area (Å²) >= 11 is 0. The second-order valence-corrected chi connectivity index (χ2v) is 7.29. The number of carbonyl (C=O) groups is 2. The van der Waals surface area contributed by atoms with Crippen LogP contribution in [0.4, 0.5) is 0 Å². The first kappa shape index (κ1) is 17.7. The quantitative estimate of drug-likeness (QED) is 0.843. The van der Waals surface area contributed by atoms with Crippen molar-refractivity contribution in [3.63, 3.8) is 0 Å². The third-order valence-corrected chi connectivity index (χ3v) is 5.41. The summed E-state index contributed by atoms with van der Waals surface area (Å²) in [4.78, 5) is 41.8. The number of nitrogens with one attached hydrogen (secondary N) is 2. The molecule has 3 heterocycles. The van der Waals surface area contributed by atoms with Crippen molar-refractivity contribution in [2.24, 2.45) is 11.3 Å². The summed E-state index contributed by atoms with van der Waals surface area (Å²) in [6, 6.07) is 3.07. The molecule has 0 radical (unpaired) electrons. The molecular formula is C18H25N3O4. The van der Waals surface area contributed by atoms with Crippen LogP contribution in [-0.2, 0) is 9.53 Å². The number of hydrogen-bond acceptors (Lipinski definition) is 4. The van der Waals surface area contributed by atoms with E-state index >= 15 is 0 Å². The lowest BCUT2D eigenvalue weighted by molar-refractivity contribution is -0.138. The van der Waals surface area contributed by atoms with E-state index in [4.69, 9.17) is 4.74 Å². The summed E-state index contributed by atoms with van der Waals surface area (Å²) < 4.78 is 5.53. The van der Waals surface area contributed by atoms with Crippen LogP contribution in [0.15, 0.2) is 16.9 Å². The Balaban J connectivity index is 1.89. The van der Waals surface area contributed by atoms with Gasteiger partial charge in [-0.05, 0) is 18.4 Å². The maximum Gasteiger partial charge on any atom is 0.254 e. The van der Waals surface area contributed by atoms with Gasteiger partial charge in [-0.15, -0.1) is 0 Å². The normalized spacial score (nSPS) is 25.8. The number of H-pyrrole nitrogens is 1. The Hall–Kier alpha value is -2.15. The highest BCUT2D eigenvalue weighted by Crippen LogP contribution is 2.42. The Morgan fingerprint density at radius 1 is 1.40 bits per heavy atom. The monoisotopic (exact) mass is 347 g/mol. The zero-order chi connectivity index (χ0) is 18.2. The maximum atomic E-state index is 13.0. The molecule has 25 heavy (non-hydrogen) atoms. The number of ether oxygens (including phenoxy) is 1. The summed E-state index contributed by atoms with van der Waals surface area (Å²) in [7, 11) is 1.62. The van der Waals surface area contributed by atoms with Crippen molar-refractivity contribution in [1.29, 1.82) is 0 Å². The number of hydrogen-bond donors (Lipinski definition) is 2. The molecule has 2 aliphatic heterocycles. The van der Waals surface area contributed by atoms with Crippen LogP contribution >= 0.6 is 0 Å². The maximum absolute atomic E-state index is 13.0. The second-order valence-electron chi connectivity index (χ2n) is 7.29. The van der Waals surface area contributed by atoms with Crippen molar-refractivity contribution in [1.82, 2.24) is 15.2 Å². The van der Waals surface area contributed by atoms with Crippen LogP contribution in [0.25, 0.3) is 0 Å². The van der Waals surface area contributed by atoms with Gasteiger partial charge in [0.05, 0.1) is 12.0 Å². The molecule has 7 heteroatoms. The molecule has 0 aromatic carbocycles. The number of likely N-dealkylation sites (tertiary alicyclic amines) is 1. The topological polar surface area (TPSA) is 91.5 Å². The summed E-state index contributed by atoms with van der Waals surface area (Å²) in [6.07, 6.45) is 0.605. The van der Waals surface area contributed by atoms with Gasteiger partial charge in [-0.3, -0.25) is 14.4 Å². The number of carbonyl (C=O) groups excluding carboxylic acids is 2. The van der Waals surface area contributed by atoms with Crippen molar-refractivity contribution in [2.75, 3.05) is 33.4 Å². The van der Waals surface area contributed by atoms with Crippen LogP contribution in [0.3, 0.4) is 0 Å². The summed E-state index contributed by atoms with van der Waals surface area (Å²) in [5, 5.41) is 2.74. The molecule has 2 fully saturated rings. The molecular weight excluding hydrogens is 322 g/mol. The van der Waals surface area contributed by atoms with Gasteiger partial charge < -0.3 is 19.9 Å². The van der Waals surface area contributed by atoms with E-state index in [1.807, 2.05) is 13.8 Å². The van der Waals surface area contributed by atoms with Crippen molar-refractivity contribution in [2.45, 2.75) is 26.2 Å². The zero-order valence-electron chi connectivity index (χ0n) is 14.9. The van der Waals surface area contributed by atoms with Crippen molar-refractivity contribution in [3.8, 4) is 0 Å². The standard InChI is InChI=1S/C18H25N3O4/c1-11(2)14-6-12(7-15(22)20-14)16(23)21-8-13-9-25-5-4-18(13,10-21)17(24)19-3/h6-7,11,13H,4-5,8-10H2,1-3H3,(H,19,24)(H,20,22)/t13-,18+/m1/s1. The Labute approximate surface area is 146 Å². The van der Waals surface area contributed by atoms with E-state index in [1.54, 1.807) is 18.0 Å². The molecule has 136 valence electrons. The molecule has 3 rings (SSSR count). The molecule has 1 aromatic heterocycles. The van der Waals surface area contributed by atoms with E-state index in [2.05, 4.69) is 10.3 Å². The zero-order valence-corrected chi connectivity index (χ0v) is 14.9. The molecule has 0 aliphatic carbocycles. The second kappa shape index (κ2) is 6.63. The van der Waals surface area contributed by atoms with E-state index in [9.17, 15) is 14.4 Å². The van der Waals surface area contributed by atoms with E-state index < -0.39 is 5.41 Å². The number of amides is 2. The minimum Gasteiger partial charge on any atom is -0.381 e. The van der Waals surface area contributed by atoms with Crippen LogP contribution in [0, 0.1) is 11.3 Å². The molecule has 0 saturated carbocycles. The van der Waals surface area contributed by atoms with Gasteiger partial charge >= 0.3 is 0 Å². The highest BCUT2D eigenvalue weighted by molar-refractivity contribution is 5.95. The van der Waals surface area contributed by atoms with E-state index in [1.165, 1.54) is 6.07 Å². The third kappa shape index (κ3) is 3.08. The van der Waals surface area contributed by atoms with Gasteiger partial charge in [0, 0.05) is 50.0 Å². The molecule has 0 spiro atoms. The number of fused-ring (bicyclic) bond motifs is 1. The van der Waals surface area contributed by atoms with Gasteiger partial charge in [0.1, 0.15) is 0 Å². The number of pyridine rings is 1. The minimum absolute atomic E-state index is 0.0169. The fourth-order valence-electron chi connectivity index (χ4n) is 3.91. The Bertz CT molecular complexity index is 742. The van der Waals surface area contributed by atoms with Gasteiger partial charge in [0.2, 0.25) is 11.5 Å². The number of aromatic nitrogens is 1. The lowest BCUT2D eigenvalue weighted by Crippen LogP contribution is -2.49. The van der Waals surface area contributed by atoms with Gasteiger partial charge in [-0.1, -0.05) is 13.8 Å². The number of rotatable bonds is 3. The van der Waals surface area contributed by atoms with Crippen LogP contribution in [0.5, 0.6) is 0 Å². The van der Waals surface area contributed by atoms with Crippen LogP contribution in [0.1, 0.15) is 42.2 Å². The van der Waals surface area contributed by atoms with E-state index in [-0.39, 0.29) is 29.2 Å². The van der Waals surface area contributed by atoms with Gasteiger partial charge in [0.15, 0.2) is 0 Å². The lowest BCUT2D eigenvalue weighted by Gasteiger charge is -2.36. The fourth-order valence-corrected chi connectivity index (χ4v) is 3.91. The van der Waals surface area contributed by atoms with E-state index in [0.717, 1.165) is 5.69 Å². The largest absolute Gasteiger partial charge is 0.381 e. The molecule has 7 nitrogen and oxygen atoms in total. The molecule has 0 unspecified atom stereocenters. The Kier molecular flexibility index (Phi) is 4.69. The smallest absolute Gasteiger partial charge is 0.254 e. The molecule has 2 atom stereocenters. The molecule has 2 amide bonds. The average Bonchev–Trinajstić information content (AvgIpc) is 3.00. The molecule has 2 saturated heterocycles. The van der Waals surface area contributed by atoms with Crippen LogP contribution < -0.4 is 10.9 Å². The Morgan fingerprint density at radius 2 is 2.16 bits per heavy atom. The summed E-state index contributed by atoms with van der Waals surface area (Å²) in [5.74, 6) is -0.139. The highest BCUT2D eigenvalue weighted by Gasteiger charge is 2.54. The first-order valence-electron chi connectivity index (χ1n) is 8.71. The number of nitrogens with zero attached hydrogens (tertiary/aromatic N) is 1. The fraction of sp³-hybridized carbons (Fsp3) is 0.611. The van der Waals surface area contributed by atoms with Crippen molar-refractivity contribution in [3.05, 3.63) is 33.7 Å². The number of aromatic amines is 1. The summed E-state index contributed by atoms with van der Waals surface area (Å²) in [6.45, 7) is 5.75. The van der Waals surface area contributed by atoms with Crippen molar-refractivity contribution < 1.29 is 14.3 Å². The SMILES string of the molecule is CNC(=O)[C@]12CCOC[C@H]1CN(C(=O)c1cc(C(C)C)[nH]c(=O)c1)C2.